The van der Waals surface area contributed by atoms with Gasteiger partial charge in [-0.05, 0) is 43.4 Å². The minimum atomic E-state index is -0.450. The highest BCUT2D eigenvalue weighted by atomic mass is 79.9. The molecular formula is C15H22BrClN2O2. The van der Waals surface area contributed by atoms with Crippen LogP contribution in [-0.4, -0.2) is 25.2 Å². The van der Waals surface area contributed by atoms with Gasteiger partial charge in [0.05, 0.1) is 12.1 Å². The maximum atomic E-state index is 12.2. The lowest BCUT2D eigenvalue weighted by Crippen LogP contribution is -2.47. The summed E-state index contributed by atoms with van der Waals surface area (Å²) < 4.78 is 6.31. The molecule has 1 aliphatic rings. The van der Waals surface area contributed by atoms with E-state index in [2.05, 4.69) is 21.2 Å². The Morgan fingerprint density at radius 1 is 1.43 bits per heavy atom. The highest BCUT2D eigenvalue weighted by molar-refractivity contribution is 9.10. The predicted molar refractivity (Wildman–Crippen MR) is 89.5 cm³/mol. The second-order valence-corrected chi connectivity index (χ2v) is 6.18. The molecule has 2 rings (SSSR count). The van der Waals surface area contributed by atoms with Crippen LogP contribution in [0.4, 0.5) is 0 Å². The van der Waals surface area contributed by atoms with E-state index in [0.717, 1.165) is 22.9 Å². The van der Waals surface area contributed by atoms with E-state index in [1.165, 1.54) is 0 Å². The lowest BCUT2D eigenvalue weighted by Gasteiger charge is -2.28. The molecule has 1 saturated heterocycles. The lowest BCUT2D eigenvalue weighted by molar-refractivity contribution is -0.125. The molecule has 2 unspecified atom stereocenters. The van der Waals surface area contributed by atoms with Gasteiger partial charge in [0.15, 0.2) is 0 Å². The first-order chi connectivity index (χ1) is 9.58. The van der Waals surface area contributed by atoms with Gasteiger partial charge in [-0.3, -0.25) is 4.79 Å². The molecule has 118 valence electrons. The number of carbonyl (C=O) groups excluding carboxylic acids is 1. The quantitative estimate of drug-likeness (QED) is 0.848. The molecule has 1 amide bonds. The molecule has 0 bridgehead atoms. The van der Waals surface area contributed by atoms with Crippen molar-refractivity contribution in [2.75, 3.05) is 13.2 Å². The third kappa shape index (κ3) is 5.25. The van der Waals surface area contributed by atoms with Gasteiger partial charge in [-0.25, -0.2) is 0 Å². The summed E-state index contributed by atoms with van der Waals surface area (Å²) in [5.74, 6) is 0.142. The molecule has 21 heavy (non-hydrogen) atoms. The molecule has 0 saturated carbocycles. The van der Waals surface area contributed by atoms with Gasteiger partial charge < -0.3 is 15.8 Å². The summed E-state index contributed by atoms with van der Waals surface area (Å²) in [6.45, 7) is 3.37. The molecule has 1 fully saturated rings. The zero-order chi connectivity index (χ0) is 14.5. The van der Waals surface area contributed by atoms with Crippen LogP contribution in [0.2, 0.25) is 0 Å². The summed E-state index contributed by atoms with van der Waals surface area (Å²) in [4.78, 5) is 12.2. The minimum Gasteiger partial charge on any atom is -0.381 e. The second kappa shape index (κ2) is 8.73. The van der Waals surface area contributed by atoms with E-state index in [1.54, 1.807) is 0 Å². The second-order valence-electron chi connectivity index (χ2n) is 5.26. The van der Waals surface area contributed by atoms with Crippen LogP contribution >= 0.6 is 28.3 Å². The van der Waals surface area contributed by atoms with Gasteiger partial charge in [0.1, 0.15) is 0 Å². The molecule has 4 nitrogen and oxygen atoms in total. The van der Waals surface area contributed by atoms with Gasteiger partial charge in [-0.2, -0.15) is 0 Å². The summed E-state index contributed by atoms with van der Waals surface area (Å²) in [5, 5.41) is 2.99. The Morgan fingerprint density at radius 2 is 2.10 bits per heavy atom. The Morgan fingerprint density at radius 3 is 2.71 bits per heavy atom. The summed E-state index contributed by atoms with van der Waals surface area (Å²) >= 11 is 3.44. The van der Waals surface area contributed by atoms with Crippen molar-refractivity contribution in [3.05, 3.63) is 34.3 Å². The Labute approximate surface area is 140 Å². The number of nitrogens with two attached hydrogens (primary N) is 1. The zero-order valence-corrected chi connectivity index (χ0v) is 14.5. The molecule has 1 aliphatic heterocycles. The first-order valence-electron chi connectivity index (χ1n) is 6.97. The van der Waals surface area contributed by atoms with E-state index in [4.69, 9.17) is 10.5 Å². The van der Waals surface area contributed by atoms with Gasteiger partial charge in [0.2, 0.25) is 5.91 Å². The molecule has 0 aliphatic carbocycles. The predicted octanol–water partition coefficient (Wildman–Crippen LogP) is 2.80. The van der Waals surface area contributed by atoms with Gasteiger partial charge in [-0.15, -0.1) is 12.4 Å². The maximum Gasteiger partial charge on any atom is 0.237 e. The van der Waals surface area contributed by atoms with Crippen molar-refractivity contribution < 1.29 is 9.53 Å². The van der Waals surface area contributed by atoms with Crippen LogP contribution in [0, 0.1) is 5.92 Å². The van der Waals surface area contributed by atoms with Crippen LogP contribution in [0.5, 0.6) is 0 Å². The van der Waals surface area contributed by atoms with E-state index in [0.29, 0.717) is 13.2 Å². The Hall–Kier alpha value is -0.620. The molecule has 3 N–H and O–H groups in total. The average molecular weight is 378 g/mol. The molecule has 1 aromatic carbocycles. The Bertz CT molecular complexity index is 467. The molecule has 6 heteroatoms. The fraction of sp³-hybridized carbons (Fsp3) is 0.533. The monoisotopic (exact) mass is 376 g/mol. The third-order valence-electron chi connectivity index (χ3n) is 3.78. The fourth-order valence-electron chi connectivity index (χ4n) is 2.46. The summed E-state index contributed by atoms with van der Waals surface area (Å²) in [6.07, 6.45) is 1.72. The molecule has 1 aromatic rings. The van der Waals surface area contributed by atoms with Crippen molar-refractivity contribution in [2.45, 2.75) is 31.8 Å². The molecule has 1 heterocycles. The Balaban J connectivity index is 0.00000220. The summed E-state index contributed by atoms with van der Waals surface area (Å²) in [6, 6.07) is 7.42. The smallest absolute Gasteiger partial charge is 0.237 e. The number of ether oxygens (including phenoxy) is 1. The molecule has 0 radical (unpaired) electrons. The van der Waals surface area contributed by atoms with Crippen LogP contribution < -0.4 is 11.1 Å². The fourth-order valence-corrected chi connectivity index (χ4v) is 2.87. The van der Waals surface area contributed by atoms with E-state index in [-0.39, 0.29) is 30.3 Å². The first kappa shape index (κ1) is 18.4. The number of carbonyl (C=O) groups is 1. The molecule has 2 atom stereocenters. The van der Waals surface area contributed by atoms with Gasteiger partial charge in [-0.1, -0.05) is 28.1 Å². The number of amides is 1. The van der Waals surface area contributed by atoms with E-state index in [9.17, 15) is 4.79 Å². The first-order valence-corrected chi connectivity index (χ1v) is 7.76. The van der Waals surface area contributed by atoms with E-state index in [1.807, 2.05) is 31.2 Å². The molecule has 0 spiro atoms. The minimum absolute atomic E-state index is 0. The van der Waals surface area contributed by atoms with Crippen molar-refractivity contribution in [2.24, 2.45) is 11.7 Å². The van der Waals surface area contributed by atoms with Crippen molar-refractivity contribution in [1.82, 2.24) is 5.32 Å². The number of nitrogens with one attached hydrogen (secondary N) is 1. The zero-order valence-electron chi connectivity index (χ0n) is 12.0. The number of hydrogen-bond acceptors (Lipinski definition) is 3. The van der Waals surface area contributed by atoms with Crippen molar-refractivity contribution in [3.63, 3.8) is 0 Å². The van der Waals surface area contributed by atoms with Crippen molar-refractivity contribution >= 4 is 34.2 Å². The maximum absolute atomic E-state index is 12.2. The van der Waals surface area contributed by atoms with Crippen LogP contribution in [0.1, 0.15) is 31.4 Å². The van der Waals surface area contributed by atoms with Gasteiger partial charge in [0.25, 0.3) is 0 Å². The average Bonchev–Trinajstić information content (AvgIpc) is 2.47. The number of hydrogen-bond donors (Lipinski definition) is 2. The van der Waals surface area contributed by atoms with Crippen LogP contribution in [0.3, 0.4) is 0 Å². The number of benzene rings is 1. The highest BCUT2D eigenvalue weighted by Crippen LogP contribution is 2.20. The van der Waals surface area contributed by atoms with Crippen molar-refractivity contribution in [3.8, 4) is 0 Å². The van der Waals surface area contributed by atoms with Gasteiger partial charge >= 0.3 is 0 Å². The standard InChI is InChI=1S/C15H21BrN2O2.ClH/c1-10(12-3-2-4-13(16)9-12)18-15(19)14(17)11-5-7-20-8-6-11;/h2-4,9-11,14H,5-8,17H2,1H3,(H,18,19);1H. The van der Waals surface area contributed by atoms with E-state index < -0.39 is 6.04 Å². The van der Waals surface area contributed by atoms with Crippen LogP contribution in [-0.2, 0) is 9.53 Å². The van der Waals surface area contributed by atoms with Gasteiger partial charge in [0, 0.05) is 17.7 Å². The number of rotatable bonds is 4. The topological polar surface area (TPSA) is 64.4 Å². The van der Waals surface area contributed by atoms with Crippen molar-refractivity contribution in [1.29, 1.82) is 0 Å². The third-order valence-corrected chi connectivity index (χ3v) is 4.28. The molecule has 0 aromatic heterocycles. The Kier molecular flexibility index (Phi) is 7.66. The molecular weight excluding hydrogens is 356 g/mol. The summed E-state index contributed by atoms with van der Waals surface area (Å²) in [7, 11) is 0. The highest BCUT2D eigenvalue weighted by Gasteiger charge is 2.27. The number of halogens is 2. The normalized spacial score (nSPS) is 18.4. The largest absolute Gasteiger partial charge is 0.381 e. The van der Waals surface area contributed by atoms with Crippen LogP contribution in [0.25, 0.3) is 0 Å². The summed E-state index contributed by atoms with van der Waals surface area (Å²) in [5.41, 5.74) is 7.13. The lowest BCUT2D eigenvalue weighted by atomic mass is 9.91. The van der Waals surface area contributed by atoms with Crippen LogP contribution in [0.15, 0.2) is 28.7 Å². The van der Waals surface area contributed by atoms with E-state index >= 15 is 0 Å². The SMILES string of the molecule is CC(NC(=O)C(N)C1CCOCC1)c1cccc(Br)c1.Cl.